The number of nitrogens with zero attached hydrogens (tertiary/aromatic N) is 1. The van der Waals surface area contributed by atoms with Gasteiger partial charge in [-0.3, -0.25) is 4.98 Å². The monoisotopic (exact) mass is 267 g/mol. The zero-order valence-corrected chi connectivity index (χ0v) is 11.1. The van der Waals surface area contributed by atoms with Gasteiger partial charge in [0.05, 0.1) is 11.3 Å². The summed E-state index contributed by atoms with van der Waals surface area (Å²) in [5.74, 6) is 0. The van der Waals surface area contributed by atoms with Crippen LogP contribution in [0.1, 0.15) is 25.0 Å². The van der Waals surface area contributed by atoms with E-state index < -0.39 is 11.7 Å². The Bertz CT molecular complexity index is 516. The van der Waals surface area contributed by atoms with Gasteiger partial charge in [-0.25, -0.2) is 0 Å². The van der Waals surface area contributed by atoms with Crippen molar-refractivity contribution in [3.8, 4) is 11.3 Å². The molecule has 4 heteroatoms. The summed E-state index contributed by atoms with van der Waals surface area (Å²) in [7, 11) is 0. The Kier molecular flexibility index (Phi) is 5.10. The lowest BCUT2D eigenvalue weighted by atomic mass is 10.1. The maximum atomic E-state index is 12.5. The molecule has 0 saturated carbocycles. The largest absolute Gasteiger partial charge is 0.416 e. The standard InChI is InChI=1S/C13H10F3N.C2H6/c1-9-5-6-12(17-8-9)10-3-2-4-11(7-10)13(14,15)16;1-2/h2-8H,1H3;1-2H3. The van der Waals surface area contributed by atoms with E-state index in [2.05, 4.69) is 4.98 Å². The molecular formula is C15H16F3N. The molecule has 0 radical (unpaired) electrons. The minimum atomic E-state index is -4.32. The molecule has 1 aromatic heterocycles. The molecular weight excluding hydrogens is 251 g/mol. The average Bonchev–Trinajstić information content (AvgIpc) is 2.41. The molecule has 0 aliphatic carbocycles. The van der Waals surface area contributed by atoms with E-state index in [1.54, 1.807) is 18.3 Å². The van der Waals surface area contributed by atoms with Crippen LogP contribution in [0.3, 0.4) is 0 Å². The van der Waals surface area contributed by atoms with Gasteiger partial charge in [-0.05, 0) is 30.7 Å². The molecule has 0 atom stereocenters. The van der Waals surface area contributed by atoms with Crippen LogP contribution in [0.2, 0.25) is 0 Å². The van der Waals surface area contributed by atoms with Crippen molar-refractivity contribution in [3.63, 3.8) is 0 Å². The topological polar surface area (TPSA) is 12.9 Å². The SMILES string of the molecule is CC.Cc1ccc(-c2cccc(C(F)(F)F)c2)nc1. The number of alkyl halides is 3. The summed E-state index contributed by atoms with van der Waals surface area (Å²) in [6, 6.07) is 8.70. The van der Waals surface area contributed by atoms with Gasteiger partial charge in [0.2, 0.25) is 0 Å². The molecule has 2 rings (SSSR count). The van der Waals surface area contributed by atoms with Crippen LogP contribution in [0, 0.1) is 6.92 Å². The van der Waals surface area contributed by atoms with Gasteiger partial charge in [-0.1, -0.05) is 32.0 Å². The van der Waals surface area contributed by atoms with Crippen molar-refractivity contribution < 1.29 is 13.2 Å². The van der Waals surface area contributed by atoms with E-state index in [0.717, 1.165) is 17.7 Å². The van der Waals surface area contributed by atoms with Gasteiger partial charge in [0.25, 0.3) is 0 Å². The van der Waals surface area contributed by atoms with E-state index in [1.165, 1.54) is 6.07 Å². The van der Waals surface area contributed by atoms with Gasteiger partial charge >= 0.3 is 6.18 Å². The molecule has 0 aliphatic heterocycles. The maximum absolute atomic E-state index is 12.5. The molecule has 0 unspecified atom stereocenters. The van der Waals surface area contributed by atoms with Crippen molar-refractivity contribution in [2.75, 3.05) is 0 Å². The van der Waals surface area contributed by atoms with E-state index in [0.29, 0.717) is 11.3 Å². The highest BCUT2D eigenvalue weighted by Crippen LogP contribution is 2.31. The number of halogens is 3. The van der Waals surface area contributed by atoms with Crippen molar-refractivity contribution in [2.45, 2.75) is 26.9 Å². The highest BCUT2D eigenvalue weighted by molar-refractivity contribution is 5.60. The van der Waals surface area contributed by atoms with Crippen LogP contribution in [0.5, 0.6) is 0 Å². The summed E-state index contributed by atoms with van der Waals surface area (Å²) >= 11 is 0. The first-order chi connectivity index (χ1) is 8.97. The Morgan fingerprint density at radius 1 is 1.00 bits per heavy atom. The second-order valence-electron chi connectivity index (χ2n) is 3.80. The van der Waals surface area contributed by atoms with Gasteiger partial charge in [-0.2, -0.15) is 13.2 Å². The van der Waals surface area contributed by atoms with E-state index in [-0.39, 0.29) is 0 Å². The molecule has 102 valence electrons. The number of rotatable bonds is 1. The predicted octanol–water partition coefficient (Wildman–Crippen LogP) is 5.10. The number of aromatic nitrogens is 1. The molecule has 0 fully saturated rings. The minimum Gasteiger partial charge on any atom is -0.256 e. The lowest BCUT2D eigenvalue weighted by Gasteiger charge is -2.08. The van der Waals surface area contributed by atoms with E-state index >= 15 is 0 Å². The number of pyridine rings is 1. The molecule has 0 spiro atoms. The van der Waals surface area contributed by atoms with Gasteiger partial charge in [0.1, 0.15) is 0 Å². The number of hydrogen-bond donors (Lipinski definition) is 0. The fourth-order valence-corrected chi connectivity index (χ4v) is 1.49. The summed E-state index contributed by atoms with van der Waals surface area (Å²) in [5, 5.41) is 0. The van der Waals surface area contributed by atoms with Crippen LogP contribution in [-0.4, -0.2) is 4.98 Å². The zero-order valence-electron chi connectivity index (χ0n) is 11.1. The molecule has 0 saturated heterocycles. The fraction of sp³-hybridized carbons (Fsp3) is 0.267. The molecule has 1 heterocycles. The predicted molar refractivity (Wildman–Crippen MR) is 70.8 cm³/mol. The van der Waals surface area contributed by atoms with Crippen LogP contribution in [0.15, 0.2) is 42.6 Å². The van der Waals surface area contributed by atoms with Gasteiger partial charge in [-0.15, -0.1) is 0 Å². The summed E-state index contributed by atoms with van der Waals surface area (Å²) in [4.78, 5) is 4.10. The summed E-state index contributed by atoms with van der Waals surface area (Å²) in [6.45, 7) is 5.88. The molecule has 0 N–H and O–H groups in total. The minimum absolute atomic E-state index is 0.472. The van der Waals surface area contributed by atoms with Crippen molar-refractivity contribution in [2.24, 2.45) is 0 Å². The van der Waals surface area contributed by atoms with Gasteiger partial charge in [0, 0.05) is 11.8 Å². The number of hydrogen-bond acceptors (Lipinski definition) is 1. The molecule has 19 heavy (non-hydrogen) atoms. The van der Waals surface area contributed by atoms with Crippen molar-refractivity contribution >= 4 is 0 Å². The van der Waals surface area contributed by atoms with Crippen molar-refractivity contribution in [1.82, 2.24) is 4.98 Å². The maximum Gasteiger partial charge on any atom is 0.416 e. The lowest BCUT2D eigenvalue weighted by Crippen LogP contribution is -2.04. The van der Waals surface area contributed by atoms with Crippen LogP contribution >= 0.6 is 0 Å². The second-order valence-corrected chi connectivity index (χ2v) is 3.80. The smallest absolute Gasteiger partial charge is 0.256 e. The Morgan fingerprint density at radius 2 is 1.68 bits per heavy atom. The Labute approximate surface area is 111 Å². The fourth-order valence-electron chi connectivity index (χ4n) is 1.49. The van der Waals surface area contributed by atoms with Crippen molar-refractivity contribution in [3.05, 3.63) is 53.7 Å². The molecule has 1 aromatic carbocycles. The molecule has 0 amide bonds. The third-order valence-electron chi connectivity index (χ3n) is 2.40. The second kappa shape index (κ2) is 6.36. The third-order valence-corrected chi connectivity index (χ3v) is 2.40. The molecule has 2 aromatic rings. The third kappa shape index (κ3) is 4.09. The first-order valence-electron chi connectivity index (χ1n) is 6.07. The van der Waals surface area contributed by atoms with Crippen LogP contribution in [0.25, 0.3) is 11.3 Å². The lowest BCUT2D eigenvalue weighted by molar-refractivity contribution is -0.137. The summed E-state index contributed by atoms with van der Waals surface area (Å²) in [6.07, 6.45) is -2.68. The zero-order chi connectivity index (χ0) is 14.5. The number of benzene rings is 1. The van der Waals surface area contributed by atoms with Crippen LogP contribution in [-0.2, 0) is 6.18 Å². The Balaban J connectivity index is 0.000000861. The quantitative estimate of drug-likeness (QED) is 0.700. The number of aryl methyl sites for hydroxylation is 1. The van der Waals surface area contributed by atoms with E-state index in [1.807, 2.05) is 26.8 Å². The normalized spacial score (nSPS) is 10.6. The Hall–Kier alpha value is -1.84. The highest BCUT2D eigenvalue weighted by atomic mass is 19.4. The highest BCUT2D eigenvalue weighted by Gasteiger charge is 2.30. The molecule has 1 nitrogen and oxygen atoms in total. The van der Waals surface area contributed by atoms with Gasteiger partial charge < -0.3 is 0 Å². The first-order valence-corrected chi connectivity index (χ1v) is 6.07. The van der Waals surface area contributed by atoms with Crippen molar-refractivity contribution in [1.29, 1.82) is 0 Å². The summed E-state index contributed by atoms with van der Waals surface area (Å²) < 4.78 is 37.6. The van der Waals surface area contributed by atoms with Gasteiger partial charge in [0.15, 0.2) is 0 Å². The molecule has 0 aliphatic rings. The average molecular weight is 267 g/mol. The first kappa shape index (κ1) is 15.2. The van der Waals surface area contributed by atoms with E-state index in [4.69, 9.17) is 0 Å². The Morgan fingerprint density at radius 3 is 2.21 bits per heavy atom. The van der Waals surface area contributed by atoms with E-state index in [9.17, 15) is 13.2 Å². The summed E-state index contributed by atoms with van der Waals surface area (Å²) in [5.41, 5.74) is 1.33. The van der Waals surface area contributed by atoms with Crippen LogP contribution in [0.4, 0.5) is 13.2 Å². The molecule has 0 bridgehead atoms. The van der Waals surface area contributed by atoms with Crippen LogP contribution < -0.4 is 0 Å².